The van der Waals surface area contributed by atoms with Crippen LogP contribution in [0.25, 0.3) is 11.3 Å². The Labute approximate surface area is 244 Å². The van der Waals surface area contributed by atoms with E-state index in [1.165, 1.54) is 35.8 Å². The van der Waals surface area contributed by atoms with E-state index in [4.69, 9.17) is 5.73 Å². The lowest BCUT2D eigenvalue weighted by Gasteiger charge is -2.50. The number of aliphatic hydroxyl groups excluding tert-OH is 2. The quantitative estimate of drug-likeness (QED) is 0.331. The number of hydrogen-bond acceptors (Lipinski definition) is 9. The van der Waals surface area contributed by atoms with Gasteiger partial charge in [0.1, 0.15) is 22.8 Å². The van der Waals surface area contributed by atoms with Crippen molar-refractivity contribution in [2.75, 3.05) is 33.7 Å². The first-order valence-corrected chi connectivity index (χ1v) is 14.6. The van der Waals surface area contributed by atoms with Crippen LogP contribution in [0.2, 0.25) is 0 Å². The van der Waals surface area contributed by atoms with Gasteiger partial charge in [-0.2, -0.15) is 0 Å². The number of carbonyl (C=O) groups excluding carboxylic acids is 3. The molecule has 0 bridgehead atoms. The van der Waals surface area contributed by atoms with Crippen molar-refractivity contribution in [1.82, 2.24) is 9.80 Å². The average Bonchev–Trinajstić information content (AvgIpc) is 3.39. The minimum atomic E-state index is -2.64. The summed E-state index contributed by atoms with van der Waals surface area (Å²) in [7, 11) is 3.18. The van der Waals surface area contributed by atoms with Crippen molar-refractivity contribution >= 4 is 28.8 Å². The molecule has 10 nitrogen and oxygen atoms in total. The number of nitrogens with two attached hydrogens (primary N) is 1. The Kier molecular flexibility index (Phi) is 6.91. The zero-order valence-electron chi connectivity index (χ0n) is 23.9. The molecule has 0 unspecified atom stereocenters. The zero-order valence-corrected chi connectivity index (χ0v) is 23.9. The molecule has 10 heteroatoms. The van der Waals surface area contributed by atoms with Gasteiger partial charge in [-0.3, -0.25) is 24.2 Å². The zero-order chi connectivity index (χ0) is 30.1. The van der Waals surface area contributed by atoms with Gasteiger partial charge in [0.15, 0.2) is 11.4 Å². The minimum Gasteiger partial charge on any atom is -0.508 e. The number of Topliss-reactive ketones (excluding diaryl/α,β-unsaturated/α-hetero) is 2. The van der Waals surface area contributed by atoms with E-state index in [-0.39, 0.29) is 29.7 Å². The van der Waals surface area contributed by atoms with E-state index in [2.05, 4.69) is 17.1 Å². The molecule has 6 N–H and O–H groups in total. The molecular formula is C32H37N3O7. The second-order valence-electron chi connectivity index (χ2n) is 12.5. The summed E-state index contributed by atoms with van der Waals surface area (Å²) < 4.78 is 0. The number of ketones is 2. The molecule has 5 aliphatic rings. The van der Waals surface area contributed by atoms with Crippen LogP contribution in [0.5, 0.6) is 5.75 Å². The number of carbonyl (C=O) groups is 3. The van der Waals surface area contributed by atoms with Crippen LogP contribution >= 0.6 is 0 Å². The number of rotatable bonds is 5. The number of fused-ring (bicyclic) bond motifs is 3. The third kappa shape index (κ3) is 4.15. The molecule has 1 aromatic carbocycles. The highest BCUT2D eigenvalue weighted by atomic mass is 16.3. The maximum atomic E-state index is 14.0. The van der Waals surface area contributed by atoms with Crippen LogP contribution < -0.4 is 5.73 Å². The molecule has 2 fully saturated rings. The topological polar surface area (TPSA) is 165 Å². The molecule has 1 saturated carbocycles. The van der Waals surface area contributed by atoms with Crippen molar-refractivity contribution in [3.05, 3.63) is 63.5 Å². The van der Waals surface area contributed by atoms with Crippen LogP contribution in [-0.4, -0.2) is 93.1 Å². The number of piperidine rings is 1. The number of aliphatic hydroxyl groups is 3. The summed E-state index contributed by atoms with van der Waals surface area (Å²) in [6.45, 7) is 3.08. The first kappa shape index (κ1) is 28.4. The number of nitrogens with zero attached hydrogens (tertiary/aromatic N) is 2. The van der Waals surface area contributed by atoms with Crippen LogP contribution in [-0.2, 0) is 20.8 Å². The van der Waals surface area contributed by atoms with Gasteiger partial charge in [-0.25, -0.2) is 0 Å². The fourth-order valence-electron chi connectivity index (χ4n) is 7.82. The SMILES string of the molecule is CN(C)[C@@H]1C(=O)C(C(N)=O)=C(O)[C@@]2(O)C(=O)C3=C(O)c4c(O)ccc(C5=CC=C(CN6CCCCC6)C5)c4C[C@H]3C[C@@H]12. The van der Waals surface area contributed by atoms with Crippen LogP contribution in [0.15, 0.2) is 46.8 Å². The predicted octanol–water partition coefficient (Wildman–Crippen LogP) is 2.16. The lowest BCUT2D eigenvalue weighted by atomic mass is 9.57. The minimum absolute atomic E-state index is 0.0678. The number of amides is 1. The molecule has 1 heterocycles. The lowest BCUT2D eigenvalue weighted by Crippen LogP contribution is -2.65. The average molecular weight is 576 g/mol. The largest absolute Gasteiger partial charge is 0.508 e. The molecule has 1 aliphatic heterocycles. The van der Waals surface area contributed by atoms with E-state index in [0.29, 0.717) is 5.56 Å². The van der Waals surface area contributed by atoms with Gasteiger partial charge < -0.3 is 26.2 Å². The fraction of sp³-hybridized carbons (Fsp3) is 0.469. The third-order valence-corrected chi connectivity index (χ3v) is 9.76. The van der Waals surface area contributed by atoms with Gasteiger partial charge in [0, 0.05) is 18.0 Å². The molecule has 1 aromatic rings. The van der Waals surface area contributed by atoms with E-state index in [9.17, 15) is 34.8 Å². The van der Waals surface area contributed by atoms with Crippen molar-refractivity contribution in [2.24, 2.45) is 17.6 Å². The van der Waals surface area contributed by atoms with Crippen LogP contribution in [0.3, 0.4) is 0 Å². The summed E-state index contributed by atoms with van der Waals surface area (Å²) in [5.41, 5.74) is 5.83. The first-order valence-electron chi connectivity index (χ1n) is 14.6. The smallest absolute Gasteiger partial charge is 0.255 e. The molecular weight excluding hydrogens is 538 g/mol. The van der Waals surface area contributed by atoms with Gasteiger partial charge in [-0.1, -0.05) is 30.2 Å². The molecule has 6 rings (SSSR count). The molecule has 0 aromatic heterocycles. The van der Waals surface area contributed by atoms with E-state index in [1.807, 2.05) is 6.07 Å². The number of phenolic OH excluding ortho intramolecular Hbond substituents is 1. The maximum absolute atomic E-state index is 14.0. The van der Waals surface area contributed by atoms with Gasteiger partial charge in [0.05, 0.1) is 11.6 Å². The van der Waals surface area contributed by atoms with Gasteiger partial charge in [0.25, 0.3) is 5.91 Å². The molecule has 42 heavy (non-hydrogen) atoms. The molecule has 4 atom stereocenters. The summed E-state index contributed by atoms with van der Waals surface area (Å²) in [6.07, 6.45) is 8.98. The molecule has 1 saturated heterocycles. The molecule has 4 aliphatic carbocycles. The Balaban J connectivity index is 1.40. The van der Waals surface area contributed by atoms with Crippen molar-refractivity contribution in [1.29, 1.82) is 0 Å². The molecule has 1 amide bonds. The second kappa shape index (κ2) is 10.2. The number of phenols is 1. The normalized spacial score (nSPS) is 29.8. The Bertz CT molecular complexity index is 1530. The lowest BCUT2D eigenvalue weighted by molar-refractivity contribution is -0.153. The van der Waals surface area contributed by atoms with Crippen LogP contribution in [0.4, 0.5) is 0 Å². The Morgan fingerprint density at radius 1 is 1.10 bits per heavy atom. The fourth-order valence-corrected chi connectivity index (χ4v) is 7.82. The number of hydrogen-bond donors (Lipinski definition) is 5. The van der Waals surface area contributed by atoms with Gasteiger partial charge in [-0.05, 0) is 88.0 Å². The number of likely N-dealkylation sites (N-methyl/N-ethyl adjacent to an activating group) is 1. The summed E-state index contributed by atoms with van der Waals surface area (Å²) >= 11 is 0. The summed E-state index contributed by atoms with van der Waals surface area (Å²) in [4.78, 5) is 43.4. The van der Waals surface area contributed by atoms with Gasteiger partial charge in [-0.15, -0.1) is 0 Å². The number of aromatic hydroxyl groups is 1. The first-order chi connectivity index (χ1) is 19.9. The second-order valence-corrected chi connectivity index (χ2v) is 12.5. The Hall–Kier alpha value is -3.73. The van der Waals surface area contributed by atoms with E-state index in [1.54, 1.807) is 14.1 Å². The Morgan fingerprint density at radius 2 is 1.81 bits per heavy atom. The van der Waals surface area contributed by atoms with Crippen LogP contribution in [0.1, 0.15) is 48.8 Å². The summed E-state index contributed by atoms with van der Waals surface area (Å²) in [6, 6.07) is 2.21. The van der Waals surface area contributed by atoms with Crippen molar-refractivity contribution < 1.29 is 34.8 Å². The molecule has 222 valence electrons. The molecule has 0 radical (unpaired) electrons. The predicted molar refractivity (Wildman–Crippen MR) is 155 cm³/mol. The highest BCUT2D eigenvalue weighted by molar-refractivity contribution is 6.24. The van der Waals surface area contributed by atoms with Gasteiger partial charge in [0.2, 0.25) is 5.78 Å². The highest BCUT2D eigenvalue weighted by Crippen LogP contribution is 2.53. The summed E-state index contributed by atoms with van der Waals surface area (Å²) in [5, 5.41) is 45.2. The van der Waals surface area contributed by atoms with E-state index < -0.39 is 58.0 Å². The van der Waals surface area contributed by atoms with Gasteiger partial charge >= 0.3 is 0 Å². The molecule has 0 spiro atoms. The van der Waals surface area contributed by atoms with Crippen molar-refractivity contribution in [3.8, 4) is 5.75 Å². The summed E-state index contributed by atoms with van der Waals surface area (Å²) in [5.74, 6) is -6.47. The maximum Gasteiger partial charge on any atom is 0.255 e. The van der Waals surface area contributed by atoms with E-state index in [0.717, 1.165) is 37.2 Å². The number of primary amides is 1. The van der Waals surface area contributed by atoms with Crippen molar-refractivity contribution in [2.45, 2.75) is 50.2 Å². The number of benzene rings is 1. The monoisotopic (exact) mass is 575 g/mol. The number of likely N-dealkylation sites (tertiary alicyclic amines) is 1. The number of allylic oxidation sites excluding steroid dienone is 3. The van der Waals surface area contributed by atoms with Crippen molar-refractivity contribution in [3.63, 3.8) is 0 Å². The van der Waals surface area contributed by atoms with Crippen LogP contribution in [0, 0.1) is 11.8 Å². The Morgan fingerprint density at radius 3 is 2.48 bits per heavy atom. The standard InChI is InChI=1S/C32H37N3O7/c1-34(2)26-21-14-18-13-20-19(17-7-6-16(12-17)15-35-10-4-3-5-11-35)8-9-22(36)24(20)27(37)23(18)29(39)32(21,42)30(40)25(28(26)38)31(33)41/h6-9,18,21,26,36-37,40,42H,3-5,10-15H2,1-2H3,(H2,33,41)/t18-,21-,26-,32-/m0/s1. The van der Waals surface area contributed by atoms with E-state index >= 15 is 0 Å². The highest BCUT2D eigenvalue weighted by Gasteiger charge is 2.64. The third-order valence-electron chi connectivity index (χ3n) is 9.76.